The van der Waals surface area contributed by atoms with Gasteiger partial charge in [-0.2, -0.15) is 5.10 Å². The minimum atomic E-state index is 0.409. The first-order valence-electron chi connectivity index (χ1n) is 6.19. The van der Waals surface area contributed by atoms with E-state index in [1.165, 1.54) is 0 Å². The van der Waals surface area contributed by atoms with Crippen molar-refractivity contribution in [3.8, 4) is 0 Å². The lowest BCUT2D eigenvalue weighted by Gasteiger charge is -2.01. The van der Waals surface area contributed by atoms with Crippen LogP contribution < -0.4 is 5.73 Å². The number of aromatic nitrogens is 6. The van der Waals surface area contributed by atoms with Gasteiger partial charge in [0.1, 0.15) is 11.3 Å². The van der Waals surface area contributed by atoms with E-state index in [-0.39, 0.29) is 0 Å². The SMILES string of the molecule is Nc1nc(Cc2[nH]nc3ccccc23)nc2nc[nH]c12. The molecule has 20 heavy (non-hydrogen) atoms. The van der Waals surface area contributed by atoms with Gasteiger partial charge in [0.2, 0.25) is 0 Å². The Labute approximate surface area is 113 Å². The molecular formula is C13H11N7. The molecule has 0 fully saturated rings. The van der Waals surface area contributed by atoms with Crippen molar-refractivity contribution in [1.29, 1.82) is 0 Å². The molecule has 0 spiro atoms. The average Bonchev–Trinajstić information content (AvgIpc) is 3.07. The Hall–Kier alpha value is -2.96. The second kappa shape index (κ2) is 4.02. The third-order valence-corrected chi connectivity index (χ3v) is 3.24. The van der Waals surface area contributed by atoms with E-state index < -0.39 is 0 Å². The van der Waals surface area contributed by atoms with Crippen molar-refractivity contribution in [2.75, 3.05) is 5.73 Å². The highest BCUT2D eigenvalue weighted by Crippen LogP contribution is 2.19. The molecule has 4 rings (SSSR count). The molecule has 1 aromatic carbocycles. The van der Waals surface area contributed by atoms with Gasteiger partial charge in [0.15, 0.2) is 11.5 Å². The topological polar surface area (TPSA) is 109 Å². The average molecular weight is 265 g/mol. The maximum atomic E-state index is 5.89. The number of H-pyrrole nitrogens is 2. The van der Waals surface area contributed by atoms with Crippen LogP contribution in [0.25, 0.3) is 22.1 Å². The second-order valence-electron chi connectivity index (χ2n) is 4.52. The van der Waals surface area contributed by atoms with Gasteiger partial charge in [0.25, 0.3) is 0 Å². The Morgan fingerprint density at radius 3 is 3.00 bits per heavy atom. The standard InChI is InChI=1S/C13H11N7/c14-12-11-13(16-6-15-11)18-10(17-12)5-9-7-3-1-2-4-8(7)19-20-9/h1-4,6H,5H2,(H,19,20)(H3,14,15,16,17,18). The first kappa shape index (κ1) is 10.9. The number of hydrogen-bond donors (Lipinski definition) is 3. The van der Waals surface area contributed by atoms with Crippen LogP contribution in [0.4, 0.5) is 5.82 Å². The number of para-hydroxylation sites is 1. The number of hydrogen-bond acceptors (Lipinski definition) is 5. The summed E-state index contributed by atoms with van der Waals surface area (Å²) in [5.74, 6) is 1.03. The van der Waals surface area contributed by atoms with Gasteiger partial charge in [-0.1, -0.05) is 18.2 Å². The van der Waals surface area contributed by atoms with Gasteiger partial charge in [-0.05, 0) is 6.07 Å². The molecule has 0 atom stereocenters. The van der Waals surface area contributed by atoms with Crippen molar-refractivity contribution in [3.05, 3.63) is 42.1 Å². The number of imidazole rings is 1. The van der Waals surface area contributed by atoms with Crippen molar-refractivity contribution in [2.45, 2.75) is 6.42 Å². The van der Waals surface area contributed by atoms with E-state index in [4.69, 9.17) is 5.73 Å². The summed E-state index contributed by atoms with van der Waals surface area (Å²) in [6, 6.07) is 7.91. The first-order chi connectivity index (χ1) is 9.81. The third kappa shape index (κ3) is 1.60. The van der Waals surface area contributed by atoms with E-state index in [0.717, 1.165) is 16.6 Å². The lowest BCUT2D eigenvalue weighted by atomic mass is 10.1. The Balaban J connectivity index is 1.80. The summed E-state index contributed by atoms with van der Waals surface area (Å²) in [5.41, 5.74) is 9.04. The van der Waals surface area contributed by atoms with Crippen molar-refractivity contribution in [3.63, 3.8) is 0 Å². The quantitative estimate of drug-likeness (QED) is 0.507. The zero-order chi connectivity index (χ0) is 13.5. The lowest BCUT2D eigenvalue weighted by molar-refractivity contribution is 0.937. The van der Waals surface area contributed by atoms with Crippen molar-refractivity contribution in [2.24, 2.45) is 0 Å². The molecule has 0 amide bonds. The van der Waals surface area contributed by atoms with E-state index in [2.05, 4.69) is 30.1 Å². The molecule has 3 aromatic heterocycles. The zero-order valence-electron chi connectivity index (χ0n) is 10.5. The molecule has 7 nitrogen and oxygen atoms in total. The number of rotatable bonds is 2. The number of anilines is 1. The summed E-state index contributed by atoms with van der Waals surface area (Å²) in [6.45, 7) is 0. The van der Waals surface area contributed by atoms with Crippen LogP contribution in [0.3, 0.4) is 0 Å². The Kier molecular flexibility index (Phi) is 2.19. The lowest BCUT2D eigenvalue weighted by Crippen LogP contribution is -2.02. The van der Waals surface area contributed by atoms with Crippen molar-refractivity contribution < 1.29 is 0 Å². The fraction of sp³-hybridized carbons (Fsp3) is 0.0769. The van der Waals surface area contributed by atoms with Gasteiger partial charge in [-0.3, -0.25) is 5.10 Å². The van der Waals surface area contributed by atoms with Crippen LogP contribution in [0.1, 0.15) is 11.5 Å². The summed E-state index contributed by atoms with van der Waals surface area (Å²) in [4.78, 5) is 15.7. The Bertz CT molecular complexity index is 905. The van der Waals surface area contributed by atoms with Crippen molar-refractivity contribution in [1.82, 2.24) is 30.1 Å². The van der Waals surface area contributed by atoms with Gasteiger partial charge >= 0.3 is 0 Å². The number of nitrogens with two attached hydrogens (primary N) is 1. The van der Waals surface area contributed by atoms with Crippen LogP contribution >= 0.6 is 0 Å². The van der Waals surface area contributed by atoms with Crippen LogP contribution in [-0.2, 0) is 6.42 Å². The molecule has 0 saturated heterocycles. The predicted octanol–water partition coefficient (Wildman–Crippen LogP) is 1.40. The maximum absolute atomic E-state index is 5.89. The molecular weight excluding hydrogens is 254 g/mol. The summed E-state index contributed by atoms with van der Waals surface area (Å²) in [5, 5.41) is 8.35. The summed E-state index contributed by atoms with van der Waals surface area (Å²) >= 11 is 0. The maximum Gasteiger partial charge on any atom is 0.183 e. The van der Waals surface area contributed by atoms with Crippen LogP contribution in [0.2, 0.25) is 0 Å². The summed E-state index contributed by atoms with van der Waals surface area (Å²) in [7, 11) is 0. The monoisotopic (exact) mass is 265 g/mol. The minimum Gasteiger partial charge on any atom is -0.382 e. The first-order valence-corrected chi connectivity index (χ1v) is 6.19. The highest BCUT2D eigenvalue weighted by atomic mass is 15.1. The smallest absolute Gasteiger partial charge is 0.183 e. The summed E-state index contributed by atoms with van der Waals surface area (Å²) in [6.07, 6.45) is 2.10. The largest absolute Gasteiger partial charge is 0.382 e. The van der Waals surface area contributed by atoms with Crippen LogP contribution in [0, 0.1) is 0 Å². The Morgan fingerprint density at radius 1 is 1.15 bits per heavy atom. The molecule has 3 heterocycles. The number of nitrogen functional groups attached to an aromatic ring is 1. The van der Waals surface area contributed by atoms with E-state index in [1.807, 2.05) is 24.3 Å². The van der Waals surface area contributed by atoms with Gasteiger partial charge in [-0.25, -0.2) is 15.0 Å². The molecule has 4 aromatic rings. The number of aromatic amines is 2. The molecule has 0 aliphatic carbocycles. The molecule has 0 unspecified atom stereocenters. The molecule has 0 radical (unpaired) electrons. The fourth-order valence-electron chi connectivity index (χ4n) is 2.29. The zero-order valence-corrected chi connectivity index (χ0v) is 10.5. The van der Waals surface area contributed by atoms with Gasteiger partial charge in [0, 0.05) is 5.39 Å². The van der Waals surface area contributed by atoms with Crippen LogP contribution in [0.15, 0.2) is 30.6 Å². The normalized spacial score (nSPS) is 11.4. The number of nitrogens with one attached hydrogen (secondary N) is 2. The highest BCUT2D eigenvalue weighted by molar-refractivity contribution is 5.82. The van der Waals surface area contributed by atoms with Gasteiger partial charge in [-0.15, -0.1) is 0 Å². The predicted molar refractivity (Wildman–Crippen MR) is 75.0 cm³/mol. The Morgan fingerprint density at radius 2 is 2.05 bits per heavy atom. The second-order valence-corrected chi connectivity index (χ2v) is 4.52. The van der Waals surface area contributed by atoms with Gasteiger partial charge < -0.3 is 10.7 Å². The molecule has 7 heteroatoms. The summed E-state index contributed by atoms with van der Waals surface area (Å²) < 4.78 is 0. The molecule has 0 bridgehead atoms. The fourth-order valence-corrected chi connectivity index (χ4v) is 2.29. The van der Waals surface area contributed by atoms with Crippen LogP contribution in [-0.4, -0.2) is 30.1 Å². The van der Waals surface area contributed by atoms with E-state index in [1.54, 1.807) is 6.33 Å². The van der Waals surface area contributed by atoms with Crippen molar-refractivity contribution >= 4 is 27.9 Å². The highest BCUT2D eigenvalue weighted by Gasteiger charge is 2.11. The molecule has 0 saturated carbocycles. The van der Waals surface area contributed by atoms with E-state index in [9.17, 15) is 0 Å². The number of nitrogens with zero attached hydrogens (tertiary/aromatic N) is 4. The molecule has 4 N–H and O–H groups in total. The molecule has 0 aliphatic heterocycles. The van der Waals surface area contributed by atoms with Gasteiger partial charge in [0.05, 0.1) is 24.0 Å². The van der Waals surface area contributed by atoms with E-state index in [0.29, 0.717) is 29.2 Å². The third-order valence-electron chi connectivity index (χ3n) is 3.24. The van der Waals surface area contributed by atoms with E-state index >= 15 is 0 Å². The molecule has 98 valence electrons. The molecule has 0 aliphatic rings. The van der Waals surface area contributed by atoms with Crippen LogP contribution in [0.5, 0.6) is 0 Å². The number of fused-ring (bicyclic) bond motifs is 2. The minimum absolute atomic E-state index is 0.409. The number of benzene rings is 1.